The van der Waals surface area contributed by atoms with Crippen molar-refractivity contribution >= 4 is 17.5 Å². The molecule has 0 unspecified atom stereocenters. The highest BCUT2D eigenvalue weighted by molar-refractivity contribution is 6.33. The lowest BCUT2D eigenvalue weighted by Crippen LogP contribution is -2.25. The van der Waals surface area contributed by atoms with Crippen molar-refractivity contribution in [3.8, 4) is 0 Å². The Morgan fingerprint density at radius 1 is 1.50 bits per heavy atom. The predicted octanol–water partition coefficient (Wildman–Crippen LogP) is 2.59. The summed E-state index contributed by atoms with van der Waals surface area (Å²) in [7, 11) is 0. The lowest BCUT2D eigenvalue weighted by atomic mass is 10.2. The Morgan fingerprint density at radius 3 is 2.94 bits per heavy atom. The SMILES string of the molecule is CCCOCCCNC(=O)c1cnc(C)cc1Cl. The third-order valence-electron chi connectivity index (χ3n) is 2.33. The standard InChI is InChI=1S/C13H19ClN2O2/c1-3-6-18-7-4-5-15-13(17)11-9-16-10(2)8-12(11)14/h8-9H,3-7H2,1-2H3,(H,15,17). The van der Waals surface area contributed by atoms with Gasteiger partial charge < -0.3 is 10.1 Å². The van der Waals surface area contributed by atoms with Gasteiger partial charge in [-0.25, -0.2) is 0 Å². The number of amides is 1. The molecule has 1 amide bonds. The Morgan fingerprint density at radius 2 is 2.28 bits per heavy atom. The van der Waals surface area contributed by atoms with Gasteiger partial charge in [0.15, 0.2) is 0 Å². The van der Waals surface area contributed by atoms with Gasteiger partial charge in [-0.2, -0.15) is 0 Å². The van der Waals surface area contributed by atoms with Crippen molar-refractivity contribution in [2.45, 2.75) is 26.7 Å². The molecule has 0 spiro atoms. The maximum absolute atomic E-state index is 11.8. The molecule has 4 nitrogen and oxygen atoms in total. The van der Waals surface area contributed by atoms with Crippen LogP contribution in [0.25, 0.3) is 0 Å². The summed E-state index contributed by atoms with van der Waals surface area (Å²) in [6.07, 6.45) is 3.31. The summed E-state index contributed by atoms with van der Waals surface area (Å²) in [4.78, 5) is 15.8. The molecule has 0 aromatic carbocycles. The van der Waals surface area contributed by atoms with Crippen molar-refractivity contribution in [1.82, 2.24) is 10.3 Å². The van der Waals surface area contributed by atoms with E-state index in [9.17, 15) is 4.79 Å². The molecule has 0 radical (unpaired) electrons. The summed E-state index contributed by atoms with van der Waals surface area (Å²) in [6, 6.07) is 1.68. The second-order valence-corrected chi connectivity index (χ2v) is 4.43. The number of rotatable bonds is 7. The second kappa shape index (κ2) is 8.06. The fourth-order valence-corrected chi connectivity index (χ4v) is 1.70. The topological polar surface area (TPSA) is 51.2 Å². The monoisotopic (exact) mass is 270 g/mol. The normalized spacial score (nSPS) is 10.4. The molecular formula is C13H19ClN2O2. The van der Waals surface area contributed by atoms with Crippen molar-refractivity contribution in [2.75, 3.05) is 19.8 Å². The average Bonchev–Trinajstić information content (AvgIpc) is 2.33. The van der Waals surface area contributed by atoms with Crippen molar-refractivity contribution in [3.63, 3.8) is 0 Å². The van der Waals surface area contributed by atoms with Crippen molar-refractivity contribution in [3.05, 3.63) is 28.5 Å². The molecule has 1 heterocycles. The van der Waals surface area contributed by atoms with Gasteiger partial charge in [-0.3, -0.25) is 9.78 Å². The minimum Gasteiger partial charge on any atom is -0.381 e. The zero-order valence-corrected chi connectivity index (χ0v) is 11.6. The lowest BCUT2D eigenvalue weighted by molar-refractivity contribution is 0.0941. The number of nitrogens with one attached hydrogen (secondary N) is 1. The number of pyridine rings is 1. The Labute approximate surface area is 113 Å². The highest BCUT2D eigenvalue weighted by Gasteiger charge is 2.10. The van der Waals surface area contributed by atoms with Gasteiger partial charge in [-0.1, -0.05) is 18.5 Å². The molecule has 1 aromatic heterocycles. The molecule has 100 valence electrons. The van der Waals surface area contributed by atoms with E-state index in [1.807, 2.05) is 6.92 Å². The van der Waals surface area contributed by atoms with Crippen LogP contribution in [0.4, 0.5) is 0 Å². The van der Waals surface area contributed by atoms with Gasteiger partial charge in [0.25, 0.3) is 5.91 Å². The third kappa shape index (κ3) is 5.02. The molecule has 0 aliphatic rings. The zero-order chi connectivity index (χ0) is 13.4. The van der Waals surface area contributed by atoms with E-state index in [0.717, 1.165) is 25.1 Å². The first-order chi connectivity index (χ1) is 8.65. The van der Waals surface area contributed by atoms with Crippen LogP contribution in [-0.4, -0.2) is 30.6 Å². The Kier molecular flexibility index (Phi) is 6.68. The number of hydrogen-bond acceptors (Lipinski definition) is 3. The number of carbonyl (C=O) groups is 1. The maximum Gasteiger partial charge on any atom is 0.254 e. The Bertz CT molecular complexity index is 397. The highest BCUT2D eigenvalue weighted by Crippen LogP contribution is 2.15. The molecule has 1 rings (SSSR count). The summed E-state index contributed by atoms with van der Waals surface area (Å²) in [6.45, 7) is 5.90. The van der Waals surface area contributed by atoms with Crippen molar-refractivity contribution in [1.29, 1.82) is 0 Å². The fraction of sp³-hybridized carbons (Fsp3) is 0.538. The summed E-state index contributed by atoms with van der Waals surface area (Å²) in [5, 5.41) is 3.23. The van der Waals surface area contributed by atoms with E-state index in [1.54, 1.807) is 6.07 Å². The zero-order valence-electron chi connectivity index (χ0n) is 10.8. The third-order valence-corrected chi connectivity index (χ3v) is 2.65. The van der Waals surface area contributed by atoms with Crippen LogP contribution in [0.5, 0.6) is 0 Å². The van der Waals surface area contributed by atoms with E-state index in [2.05, 4.69) is 17.2 Å². The second-order valence-electron chi connectivity index (χ2n) is 4.03. The average molecular weight is 271 g/mol. The van der Waals surface area contributed by atoms with Crippen LogP contribution in [0.15, 0.2) is 12.3 Å². The molecule has 0 atom stereocenters. The van der Waals surface area contributed by atoms with Gasteiger partial charge in [0.1, 0.15) is 0 Å². The van der Waals surface area contributed by atoms with Gasteiger partial charge in [-0.05, 0) is 25.8 Å². The predicted molar refractivity (Wildman–Crippen MR) is 72.0 cm³/mol. The van der Waals surface area contributed by atoms with Crippen LogP contribution >= 0.6 is 11.6 Å². The molecule has 0 aliphatic heterocycles. The first-order valence-corrected chi connectivity index (χ1v) is 6.51. The molecule has 5 heteroatoms. The Balaban J connectivity index is 2.32. The quantitative estimate of drug-likeness (QED) is 0.775. The van der Waals surface area contributed by atoms with Crippen LogP contribution in [0.2, 0.25) is 5.02 Å². The molecule has 0 bridgehead atoms. The number of aryl methyl sites for hydroxylation is 1. The summed E-state index contributed by atoms with van der Waals surface area (Å²) < 4.78 is 5.32. The van der Waals surface area contributed by atoms with E-state index < -0.39 is 0 Å². The minimum atomic E-state index is -0.192. The largest absolute Gasteiger partial charge is 0.381 e. The lowest BCUT2D eigenvalue weighted by Gasteiger charge is -2.07. The Hall–Kier alpha value is -1.13. The number of aromatic nitrogens is 1. The van der Waals surface area contributed by atoms with Crippen LogP contribution in [0.3, 0.4) is 0 Å². The molecule has 0 saturated heterocycles. The fourth-order valence-electron chi connectivity index (χ4n) is 1.41. The van der Waals surface area contributed by atoms with E-state index in [0.29, 0.717) is 23.7 Å². The number of hydrogen-bond donors (Lipinski definition) is 1. The van der Waals surface area contributed by atoms with E-state index in [1.165, 1.54) is 6.20 Å². The molecule has 1 N–H and O–H groups in total. The van der Waals surface area contributed by atoms with Gasteiger partial charge in [0.2, 0.25) is 0 Å². The van der Waals surface area contributed by atoms with Gasteiger partial charge >= 0.3 is 0 Å². The van der Waals surface area contributed by atoms with Gasteiger partial charge in [-0.15, -0.1) is 0 Å². The van der Waals surface area contributed by atoms with Crippen LogP contribution < -0.4 is 5.32 Å². The molecule has 0 saturated carbocycles. The first-order valence-electron chi connectivity index (χ1n) is 6.13. The molecule has 0 fully saturated rings. The minimum absolute atomic E-state index is 0.192. The van der Waals surface area contributed by atoms with E-state index in [-0.39, 0.29) is 5.91 Å². The van der Waals surface area contributed by atoms with E-state index >= 15 is 0 Å². The maximum atomic E-state index is 11.8. The first kappa shape index (κ1) is 14.9. The smallest absolute Gasteiger partial charge is 0.254 e. The molecular weight excluding hydrogens is 252 g/mol. The van der Waals surface area contributed by atoms with Gasteiger partial charge in [0, 0.05) is 31.6 Å². The number of nitrogens with zero attached hydrogens (tertiary/aromatic N) is 1. The summed E-state index contributed by atoms with van der Waals surface area (Å²) in [5.74, 6) is -0.192. The summed E-state index contributed by atoms with van der Waals surface area (Å²) in [5.41, 5.74) is 1.21. The number of ether oxygens (including phenoxy) is 1. The molecule has 18 heavy (non-hydrogen) atoms. The van der Waals surface area contributed by atoms with Crippen molar-refractivity contribution in [2.24, 2.45) is 0 Å². The number of carbonyl (C=O) groups excluding carboxylic acids is 1. The molecule has 1 aromatic rings. The van der Waals surface area contributed by atoms with Crippen molar-refractivity contribution < 1.29 is 9.53 Å². The summed E-state index contributed by atoms with van der Waals surface area (Å²) >= 11 is 5.98. The van der Waals surface area contributed by atoms with E-state index in [4.69, 9.17) is 16.3 Å². The van der Waals surface area contributed by atoms with Crippen LogP contribution in [-0.2, 0) is 4.74 Å². The van der Waals surface area contributed by atoms with Gasteiger partial charge in [0.05, 0.1) is 10.6 Å². The number of halogens is 1. The van der Waals surface area contributed by atoms with Crippen LogP contribution in [0.1, 0.15) is 35.8 Å². The molecule has 0 aliphatic carbocycles. The van der Waals surface area contributed by atoms with Crippen LogP contribution in [0, 0.1) is 6.92 Å². The highest BCUT2D eigenvalue weighted by atomic mass is 35.5.